The zero-order valence-electron chi connectivity index (χ0n) is 17.9. The molecule has 30 heavy (non-hydrogen) atoms. The van der Waals surface area contributed by atoms with Gasteiger partial charge in [0, 0.05) is 18.0 Å². The maximum absolute atomic E-state index is 6.33. The SMILES string of the molecule is C/C=C/c1ccc(Oc2nc(CN3CCOCC3)nc3sc(C)c(C)c23)c(OC)c1. The van der Waals surface area contributed by atoms with Crippen LogP contribution in [0, 0.1) is 13.8 Å². The number of nitrogens with zero attached hydrogens (tertiary/aromatic N) is 3. The lowest BCUT2D eigenvalue weighted by molar-refractivity contribution is 0.0330. The van der Waals surface area contributed by atoms with E-state index in [1.807, 2.05) is 37.3 Å². The topological polar surface area (TPSA) is 56.7 Å². The number of allylic oxidation sites excluding steroid dienone is 1. The zero-order chi connectivity index (χ0) is 21.1. The average Bonchev–Trinajstić information content (AvgIpc) is 3.03. The Kier molecular flexibility index (Phi) is 6.32. The Balaban J connectivity index is 1.73. The van der Waals surface area contributed by atoms with Crippen LogP contribution in [0.1, 0.15) is 28.8 Å². The van der Waals surface area contributed by atoms with Crippen molar-refractivity contribution in [3.63, 3.8) is 0 Å². The van der Waals surface area contributed by atoms with Crippen LogP contribution in [0.4, 0.5) is 0 Å². The molecule has 1 aromatic carbocycles. The largest absolute Gasteiger partial charge is 0.493 e. The fourth-order valence-electron chi connectivity index (χ4n) is 3.53. The normalized spacial score (nSPS) is 15.2. The molecule has 158 valence electrons. The number of methoxy groups -OCH3 is 1. The minimum absolute atomic E-state index is 0.585. The van der Waals surface area contributed by atoms with E-state index < -0.39 is 0 Å². The van der Waals surface area contributed by atoms with E-state index in [9.17, 15) is 0 Å². The number of fused-ring (bicyclic) bond motifs is 1. The summed E-state index contributed by atoms with van der Waals surface area (Å²) >= 11 is 1.68. The van der Waals surface area contributed by atoms with Gasteiger partial charge < -0.3 is 14.2 Å². The standard InChI is InChI=1S/C23H27N3O3S/c1-5-6-17-7-8-18(19(13-17)27-4)29-22-21-15(2)16(3)30-23(21)25-20(24-22)14-26-9-11-28-12-10-26/h5-8,13H,9-12,14H2,1-4H3/b6-5+. The van der Waals surface area contributed by atoms with Gasteiger partial charge in [-0.1, -0.05) is 18.2 Å². The fourth-order valence-corrected chi connectivity index (χ4v) is 4.57. The monoisotopic (exact) mass is 425 g/mol. The van der Waals surface area contributed by atoms with Gasteiger partial charge in [-0.3, -0.25) is 4.90 Å². The summed E-state index contributed by atoms with van der Waals surface area (Å²) < 4.78 is 17.4. The van der Waals surface area contributed by atoms with Gasteiger partial charge in [-0.15, -0.1) is 11.3 Å². The second-order valence-electron chi connectivity index (χ2n) is 7.31. The molecule has 0 amide bonds. The first-order valence-corrected chi connectivity index (χ1v) is 11.0. The fraction of sp³-hybridized carbons (Fsp3) is 0.391. The van der Waals surface area contributed by atoms with Crippen molar-refractivity contribution in [3.8, 4) is 17.4 Å². The first-order valence-electron chi connectivity index (χ1n) is 10.1. The molecule has 0 unspecified atom stereocenters. The zero-order valence-corrected chi connectivity index (χ0v) is 18.7. The molecule has 1 aliphatic rings. The molecule has 7 heteroatoms. The van der Waals surface area contributed by atoms with Crippen LogP contribution in [-0.2, 0) is 11.3 Å². The molecule has 1 fully saturated rings. The summed E-state index contributed by atoms with van der Waals surface area (Å²) in [6.45, 7) is 10.2. The van der Waals surface area contributed by atoms with Crippen LogP contribution in [0.15, 0.2) is 24.3 Å². The Morgan fingerprint density at radius 2 is 1.97 bits per heavy atom. The van der Waals surface area contributed by atoms with Crippen molar-refractivity contribution in [2.45, 2.75) is 27.3 Å². The number of aryl methyl sites for hydroxylation is 2. The second kappa shape index (κ2) is 9.12. The third-order valence-corrected chi connectivity index (χ3v) is 6.37. The third kappa shape index (κ3) is 4.33. The number of thiophene rings is 1. The quantitative estimate of drug-likeness (QED) is 0.555. The number of aromatic nitrogens is 2. The molecule has 0 bridgehead atoms. The van der Waals surface area contributed by atoms with Gasteiger partial charge in [-0.25, -0.2) is 4.98 Å². The summed E-state index contributed by atoms with van der Waals surface area (Å²) in [4.78, 5) is 14.2. The molecule has 4 rings (SSSR count). The maximum atomic E-state index is 6.33. The first-order chi connectivity index (χ1) is 14.6. The van der Waals surface area contributed by atoms with Gasteiger partial charge in [0.05, 0.1) is 32.3 Å². The van der Waals surface area contributed by atoms with Crippen LogP contribution >= 0.6 is 11.3 Å². The average molecular weight is 426 g/mol. The molecule has 3 aromatic rings. The number of hydrogen-bond acceptors (Lipinski definition) is 7. The predicted molar refractivity (Wildman–Crippen MR) is 121 cm³/mol. The molecular weight excluding hydrogens is 398 g/mol. The summed E-state index contributed by atoms with van der Waals surface area (Å²) in [6.07, 6.45) is 4.03. The van der Waals surface area contributed by atoms with E-state index in [4.69, 9.17) is 24.2 Å². The molecule has 0 spiro atoms. The Morgan fingerprint density at radius 3 is 2.70 bits per heavy atom. The third-order valence-electron chi connectivity index (χ3n) is 5.26. The highest BCUT2D eigenvalue weighted by molar-refractivity contribution is 7.18. The Morgan fingerprint density at radius 1 is 1.17 bits per heavy atom. The van der Waals surface area contributed by atoms with E-state index in [-0.39, 0.29) is 0 Å². The molecule has 0 N–H and O–H groups in total. The second-order valence-corrected chi connectivity index (χ2v) is 8.51. The maximum Gasteiger partial charge on any atom is 0.231 e. The van der Waals surface area contributed by atoms with Crippen molar-refractivity contribution in [1.82, 2.24) is 14.9 Å². The van der Waals surface area contributed by atoms with Gasteiger partial charge in [0.15, 0.2) is 11.5 Å². The summed E-state index contributed by atoms with van der Waals surface area (Å²) in [5, 5.41) is 0.975. The van der Waals surface area contributed by atoms with E-state index >= 15 is 0 Å². The van der Waals surface area contributed by atoms with Crippen LogP contribution in [0.2, 0.25) is 0 Å². The number of morpholine rings is 1. The Hall–Kier alpha value is -2.48. The van der Waals surface area contributed by atoms with Gasteiger partial charge in [0.1, 0.15) is 10.7 Å². The molecule has 1 saturated heterocycles. The van der Waals surface area contributed by atoms with Crippen LogP contribution in [0.5, 0.6) is 17.4 Å². The molecule has 0 radical (unpaired) electrons. The van der Waals surface area contributed by atoms with Crippen LogP contribution in [0.3, 0.4) is 0 Å². The van der Waals surface area contributed by atoms with Crippen molar-refractivity contribution in [1.29, 1.82) is 0 Å². The lowest BCUT2D eigenvalue weighted by Gasteiger charge is -2.25. The lowest BCUT2D eigenvalue weighted by atomic mass is 10.2. The van der Waals surface area contributed by atoms with Gasteiger partial charge in [-0.2, -0.15) is 4.98 Å². The minimum Gasteiger partial charge on any atom is -0.493 e. The highest BCUT2D eigenvalue weighted by atomic mass is 32.1. The van der Waals surface area contributed by atoms with E-state index in [2.05, 4.69) is 18.7 Å². The molecule has 2 aromatic heterocycles. The molecule has 0 atom stereocenters. The lowest BCUT2D eigenvalue weighted by Crippen LogP contribution is -2.36. The molecule has 0 aliphatic carbocycles. The van der Waals surface area contributed by atoms with E-state index in [1.54, 1.807) is 18.4 Å². The highest BCUT2D eigenvalue weighted by Crippen LogP contribution is 2.39. The predicted octanol–water partition coefficient (Wildman–Crippen LogP) is 4.97. The van der Waals surface area contributed by atoms with Crippen LogP contribution in [-0.4, -0.2) is 48.3 Å². The first kappa shape index (κ1) is 20.8. The van der Waals surface area contributed by atoms with E-state index in [0.717, 1.165) is 53.5 Å². The Labute approximate surface area is 181 Å². The number of benzene rings is 1. The molecule has 0 saturated carbocycles. The summed E-state index contributed by atoms with van der Waals surface area (Å²) in [7, 11) is 1.65. The van der Waals surface area contributed by atoms with Crippen molar-refractivity contribution >= 4 is 27.6 Å². The number of rotatable bonds is 6. The van der Waals surface area contributed by atoms with Crippen LogP contribution < -0.4 is 9.47 Å². The smallest absolute Gasteiger partial charge is 0.231 e. The number of hydrogen-bond donors (Lipinski definition) is 0. The van der Waals surface area contributed by atoms with E-state index in [1.165, 1.54) is 4.88 Å². The van der Waals surface area contributed by atoms with Gasteiger partial charge in [-0.05, 0) is 44.0 Å². The van der Waals surface area contributed by atoms with Crippen molar-refractivity contribution in [2.24, 2.45) is 0 Å². The van der Waals surface area contributed by atoms with E-state index in [0.29, 0.717) is 23.9 Å². The van der Waals surface area contributed by atoms with Crippen molar-refractivity contribution in [2.75, 3.05) is 33.4 Å². The number of ether oxygens (including phenoxy) is 3. The summed E-state index contributed by atoms with van der Waals surface area (Å²) in [5.41, 5.74) is 2.22. The minimum atomic E-state index is 0.585. The molecule has 1 aliphatic heterocycles. The van der Waals surface area contributed by atoms with Gasteiger partial charge in [0.2, 0.25) is 5.88 Å². The van der Waals surface area contributed by atoms with Crippen molar-refractivity contribution in [3.05, 3.63) is 46.1 Å². The van der Waals surface area contributed by atoms with Gasteiger partial charge in [0.25, 0.3) is 0 Å². The Bertz CT molecular complexity index is 1070. The van der Waals surface area contributed by atoms with Gasteiger partial charge >= 0.3 is 0 Å². The summed E-state index contributed by atoms with van der Waals surface area (Å²) in [6, 6.07) is 5.91. The molecule has 3 heterocycles. The molecular formula is C23H27N3O3S. The highest BCUT2D eigenvalue weighted by Gasteiger charge is 2.20. The van der Waals surface area contributed by atoms with Crippen LogP contribution in [0.25, 0.3) is 16.3 Å². The summed E-state index contributed by atoms with van der Waals surface area (Å²) in [5.74, 6) is 2.68. The van der Waals surface area contributed by atoms with Crippen molar-refractivity contribution < 1.29 is 14.2 Å². The molecule has 6 nitrogen and oxygen atoms in total.